The summed E-state index contributed by atoms with van der Waals surface area (Å²) < 4.78 is 21.6. The van der Waals surface area contributed by atoms with Gasteiger partial charge in [0.25, 0.3) is 0 Å². The van der Waals surface area contributed by atoms with Crippen LogP contribution in [0.1, 0.15) is 36.0 Å². The molecule has 0 aliphatic carbocycles. The summed E-state index contributed by atoms with van der Waals surface area (Å²) >= 11 is 0. The van der Waals surface area contributed by atoms with E-state index in [4.69, 9.17) is 4.74 Å². The van der Waals surface area contributed by atoms with Gasteiger partial charge in [-0.15, -0.1) is 10.2 Å². The fourth-order valence-electron chi connectivity index (χ4n) is 4.11. The number of likely N-dealkylation sites (tertiary alicyclic amines) is 1. The van der Waals surface area contributed by atoms with Crippen molar-refractivity contribution in [1.82, 2.24) is 24.6 Å². The molecule has 2 aromatic rings. The molecule has 0 bridgehead atoms. The number of piperidine rings is 1. The second-order valence-electron chi connectivity index (χ2n) is 7.59. The minimum absolute atomic E-state index is 0.119. The van der Waals surface area contributed by atoms with Crippen molar-refractivity contribution in [3.8, 4) is 0 Å². The molecular formula is C20H28FN5O. The van der Waals surface area contributed by atoms with Gasteiger partial charge in [0.1, 0.15) is 17.5 Å². The van der Waals surface area contributed by atoms with Crippen molar-refractivity contribution in [2.24, 2.45) is 7.05 Å². The van der Waals surface area contributed by atoms with Crippen molar-refractivity contribution < 1.29 is 9.13 Å². The van der Waals surface area contributed by atoms with Crippen LogP contribution in [0.15, 0.2) is 24.3 Å². The number of rotatable bonds is 5. The minimum Gasteiger partial charge on any atom is -0.379 e. The maximum absolute atomic E-state index is 14.0. The Morgan fingerprint density at radius 1 is 1.07 bits per heavy atom. The maximum atomic E-state index is 14.0. The molecule has 0 N–H and O–H groups in total. The highest BCUT2D eigenvalue weighted by Crippen LogP contribution is 2.27. The fourth-order valence-corrected chi connectivity index (χ4v) is 4.11. The quantitative estimate of drug-likeness (QED) is 0.804. The zero-order valence-corrected chi connectivity index (χ0v) is 16.0. The number of hydrogen-bond acceptors (Lipinski definition) is 5. The van der Waals surface area contributed by atoms with Crippen LogP contribution in [-0.4, -0.2) is 64.0 Å². The average Bonchev–Trinajstić information content (AvgIpc) is 3.05. The number of morpholine rings is 1. The third kappa shape index (κ3) is 4.36. The topological polar surface area (TPSA) is 46.4 Å². The van der Waals surface area contributed by atoms with Gasteiger partial charge in [-0.2, -0.15) is 0 Å². The summed E-state index contributed by atoms with van der Waals surface area (Å²) in [5.74, 6) is 2.29. The van der Waals surface area contributed by atoms with Crippen molar-refractivity contribution in [3.05, 3.63) is 47.3 Å². The number of hydrogen-bond donors (Lipinski definition) is 0. The predicted molar refractivity (Wildman–Crippen MR) is 101 cm³/mol. The molecule has 1 atom stereocenters. The van der Waals surface area contributed by atoms with Crippen LogP contribution < -0.4 is 0 Å². The van der Waals surface area contributed by atoms with Crippen LogP contribution in [-0.2, 0) is 24.9 Å². The van der Waals surface area contributed by atoms with Crippen LogP contribution in [0.3, 0.4) is 0 Å². The predicted octanol–water partition coefficient (Wildman–Crippen LogP) is 2.17. The Morgan fingerprint density at radius 3 is 2.70 bits per heavy atom. The highest BCUT2D eigenvalue weighted by Gasteiger charge is 2.27. The lowest BCUT2D eigenvalue weighted by molar-refractivity contribution is 0.0326. The molecule has 3 heterocycles. The van der Waals surface area contributed by atoms with E-state index in [-0.39, 0.29) is 5.82 Å². The lowest BCUT2D eigenvalue weighted by atomic mass is 9.96. The summed E-state index contributed by atoms with van der Waals surface area (Å²) in [4.78, 5) is 4.70. The molecule has 0 unspecified atom stereocenters. The van der Waals surface area contributed by atoms with Gasteiger partial charge in [0.15, 0.2) is 0 Å². The normalized spacial score (nSPS) is 22.2. The van der Waals surface area contributed by atoms with E-state index in [0.29, 0.717) is 12.5 Å². The molecule has 2 aliphatic heterocycles. The smallest absolute Gasteiger partial charge is 0.146 e. The molecule has 2 fully saturated rings. The summed E-state index contributed by atoms with van der Waals surface area (Å²) in [7, 11) is 2.07. The van der Waals surface area contributed by atoms with Crippen LogP contribution in [0.5, 0.6) is 0 Å². The monoisotopic (exact) mass is 373 g/mol. The van der Waals surface area contributed by atoms with Gasteiger partial charge in [0, 0.05) is 44.7 Å². The first-order valence-corrected chi connectivity index (χ1v) is 9.84. The lowest BCUT2D eigenvalue weighted by Crippen LogP contribution is -2.36. The van der Waals surface area contributed by atoms with E-state index in [9.17, 15) is 4.39 Å². The SMILES string of the molecule is Cn1c(CN2CCOCC2)nnc1[C@@H]1CCCN(Cc2ccccc2F)C1. The molecule has 2 aliphatic rings. The van der Waals surface area contributed by atoms with Crippen LogP contribution in [0.25, 0.3) is 0 Å². The third-order valence-corrected chi connectivity index (χ3v) is 5.69. The van der Waals surface area contributed by atoms with Gasteiger partial charge in [-0.3, -0.25) is 9.80 Å². The summed E-state index contributed by atoms with van der Waals surface area (Å²) in [6, 6.07) is 7.06. The van der Waals surface area contributed by atoms with Crippen molar-refractivity contribution in [3.63, 3.8) is 0 Å². The number of aromatic nitrogens is 3. The van der Waals surface area contributed by atoms with E-state index in [1.165, 1.54) is 6.07 Å². The summed E-state index contributed by atoms with van der Waals surface area (Å²) in [6.07, 6.45) is 2.21. The summed E-state index contributed by atoms with van der Waals surface area (Å²) in [5.41, 5.74) is 0.768. The van der Waals surface area contributed by atoms with Gasteiger partial charge in [-0.1, -0.05) is 18.2 Å². The molecular weight excluding hydrogens is 345 g/mol. The number of nitrogens with zero attached hydrogens (tertiary/aromatic N) is 5. The molecule has 0 spiro atoms. The second kappa shape index (κ2) is 8.46. The first-order chi connectivity index (χ1) is 13.2. The fraction of sp³-hybridized carbons (Fsp3) is 0.600. The van der Waals surface area contributed by atoms with Crippen LogP contribution in [0.2, 0.25) is 0 Å². The minimum atomic E-state index is -0.119. The molecule has 1 aromatic carbocycles. The largest absolute Gasteiger partial charge is 0.379 e. The number of benzene rings is 1. The van der Waals surface area contributed by atoms with Crippen LogP contribution >= 0.6 is 0 Å². The molecule has 1 aromatic heterocycles. The zero-order chi connectivity index (χ0) is 18.6. The Hall–Kier alpha value is -1.83. The van der Waals surface area contributed by atoms with Gasteiger partial charge in [-0.05, 0) is 25.5 Å². The van der Waals surface area contributed by atoms with Crippen molar-refractivity contribution >= 4 is 0 Å². The highest BCUT2D eigenvalue weighted by molar-refractivity contribution is 5.17. The highest BCUT2D eigenvalue weighted by atomic mass is 19.1. The lowest BCUT2D eigenvalue weighted by Gasteiger charge is -2.32. The molecule has 2 saturated heterocycles. The van der Waals surface area contributed by atoms with E-state index < -0.39 is 0 Å². The number of ether oxygens (including phenoxy) is 1. The molecule has 7 heteroatoms. The zero-order valence-electron chi connectivity index (χ0n) is 16.0. The molecule has 27 heavy (non-hydrogen) atoms. The van der Waals surface area contributed by atoms with Crippen molar-refractivity contribution in [1.29, 1.82) is 0 Å². The Kier molecular flexibility index (Phi) is 5.80. The average molecular weight is 373 g/mol. The van der Waals surface area contributed by atoms with E-state index in [0.717, 1.165) is 76.0 Å². The summed E-state index contributed by atoms with van der Waals surface area (Å²) in [5, 5.41) is 8.98. The van der Waals surface area contributed by atoms with E-state index in [1.54, 1.807) is 6.07 Å². The first kappa shape index (κ1) is 18.5. The first-order valence-electron chi connectivity index (χ1n) is 9.84. The van der Waals surface area contributed by atoms with Gasteiger partial charge in [-0.25, -0.2) is 4.39 Å². The van der Waals surface area contributed by atoms with E-state index >= 15 is 0 Å². The summed E-state index contributed by atoms with van der Waals surface area (Å²) in [6.45, 7) is 6.85. The van der Waals surface area contributed by atoms with Crippen molar-refractivity contribution in [2.45, 2.75) is 31.8 Å². The molecule has 4 rings (SSSR count). The molecule has 0 amide bonds. The molecule has 6 nitrogen and oxygen atoms in total. The second-order valence-corrected chi connectivity index (χ2v) is 7.59. The van der Waals surface area contributed by atoms with Gasteiger partial charge >= 0.3 is 0 Å². The molecule has 0 radical (unpaired) electrons. The van der Waals surface area contributed by atoms with Crippen LogP contribution in [0, 0.1) is 5.82 Å². The van der Waals surface area contributed by atoms with E-state index in [2.05, 4.69) is 31.6 Å². The van der Waals surface area contributed by atoms with Crippen LogP contribution in [0.4, 0.5) is 4.39 Å². The molecule has 146 valence electrons. The van der Waals surface area contributed by atoms with Gasteiger partial charge < -0.3 is 9.30 Å². The third-order valence-electron chi connectivity index (χ3n) is 5.69. The van der Waals surface area contributed by atoms with Gasteiger partial charge in [0.05, 0.1) is 19.8 Å². The van der Waals surface area contributed by atoms with E-state index in [1.807, 2.05) is 12.1 Å². The van der Waals surface area contributed by atoms with Gasteiger partial charge in [0.2, 0.25) is 0 Å². The maximum Gasteiger partial charge on any atom is 0.146 e. The Bertz CT molecular complexity index is 759. The standard InChI is InChI=1S/C20H28FN5O/c1-24-19(15-25-9-11-27-12-10-25)22-23-20(24)17-6-4-8-26(14-17)13-16-5-2-3-7-18(16)21/h2-3,5,7,17H,4,6,8-15H2,1H3/t17-/m1/s1. The molecule has 0 saturated carbocycles. The Labute approximate surface area is 159 Å². The van der Waals surface area contributed by atoms with Crippen molar-refractivity contribution in [2.75, 3.05) is 39.4 Å². The number of halogens is 1. The Balaban J connectivity index is 1.41. The Morgan fingerprint density at radius 2 is 1.89 bits per heavy atom.